The van der Waals surface area contributed by atoms with E-state index in [2.05, 4.69) is 21.3 Å². The molecule has 0 N–H and O–H groups in total. The van der Waals surface area contributed by atoms with Crippen molar-refractivity contribution in [2.75, 3.05) is 13.7 Å². The van der Waals surface area contributed by atoms with Crippen LogP contribution in [0.2, 0.25) is 0 Å². The Morgan fingerprint density at radius 2 is 2.08 bits per heavy atom. The molecule has 4 aromatic rings. The number of aryl methyl sites for hydroxylation is 1. The molecule has 6 rings (SSSR count). The van der Waals surface area contributed by atoms with E-state index < -0.39 is 0 Å². The number of fused-ring (bicyclic) bond motifs is 3. The van der Waals surface area contributed by atoms with E-state index in [9.17, 15) is 5.21 Å². The molecular weight excluding hydrogens is 468 g/mol. The topological polar surface area (TPSA) is 80.4 Å². The smallest absolute Gasteiger partial charge is 0.208 e. The van der Waals surface area contributed by atoms with Crippen LogP contribution >= 0.6 is 0 Å². The van der Waals surface area contributed by atoms with Crippen molar-refractivity contribution in [3.8, 4) is 23.1 Å². The largest absolute Gasteiger partial charge is 0.618 e. The summed E-state index contributed by atoms with van der Waals surface area (Å²) < 4.78 is 22.8. The Morgan fingerprint density at radius 1 is 1.16 bits per heavy atom. The number of hydrogen-bond acceptors (Lipinski definition) is 5. The quantitative estimate of drug-likeness (QED) is 0.160. The lowest BCUT2D eigenvalue weighted by molar-refractivity contribution is -0.406. The van der Waals surface area contributed by atoms with Crippen molar-refractivity contribution >= 4 is 17.2 Å². The van der Waals surface area contributed by atoms with Gasteiger partial charge in [0, 0.05) is 13.1 Å². The number of nitrogens with zero attached hydrogens (tertiary/aromatic N) is 4. The van der Waals surface area contributed by atoms with Crippen molar-refractivity contribution < 1.29 is 18.6 Å². The van der Waals surface area contributed by atoms with Crippen LogP contribution in [0.25, 0.3) is 22.6 Å². The molecule has 0 bridgehead atoms. The molecule has 0 radical (unpaired) electrons. The Bertz CT molecular complexity index is 1440. The SMILES string of the molecule is COc1c(OCCCCCn2c(-c3ccco3)nc3ccccc32)cn2c1C=[N+]([O-])C1=CCCC[C@H]1C2. The molecule has 192 valence electrons. The molecule has 1 aliphatic carbocycles. The van der Waals surface area contributed by atoms with Crippen LogP contribution in [0, 0.1) is 11.1 Å². The van der Waals surface area contributed by atoms with Crippen LogP contribution in [0.3, 0.4) is 0 Å². The molecule has 0 amide bonds. The molecule has 0 fully saturated rings. The number of allylic oxidation sites excluding steroid dienone is 2. The standard InChI is InChI=1S/C29H32N4O4/c1-35-28-25-19-33(34)23-12-5-3-10-21(23)18-31(25)20-27(28)37-16-8-2-7-15-32-24-13-6-4-11-22(24)30-29(32)26-14-9-17-36-26/h4,6,9,11-14,17,19-21H,2-3,5,7-8,10,15-16,18H2,1H3/t21-/m0/s1. The average molecular weight is 501 g/mol. The summed E-state index contributed by atoms with van der Waals surface area (Å²) in [5.41, 5.74) is 3.74. The molecule has 8 heteroatoms. The van der Waals surface area contributed by atoms with Gasteiger partial charge in [0.2, 0.25) is 6.21 Å². The fraction of sp³-hybridized carbons (Fsp3) is 0.379. The Kier molecular flexibility index (Phi) is 6.47. The Hall–Kier alpha value is -3.94. The fourth-order valence-corrected chi connectivity index (χ4v) is 5.55. The van der Waals surface area contributed by atoms with Crippen molar-refractivity contribution in [1.82, 2.24) is 14.1 Å². The van der Waals surface area contributed by atoms with E-state index in [1.54, 1.807) is 19.6 Å². The summed E-state index contributed by atoms with van der Waals surface area (Å²) in [6.07, 6.45) is 13.4. The first-order valence-electron chi connectivity index (χ1n) is 13.1. The predicted octanol–water partition coefficient (Wildman–Crippen LogP) is 5.98. The lowest BCUT2D eigenvalue weighted by atomic mass is 9.92. The summed E-state index contributed by atoms with van der Waals surface area (Å²) in [5, 5.41) is 12.8. The van der Waals surface area contributed by atoms with Gasteiger partial charge >= 0.3 is 0 Å². The summed E-state index contributed by atoms with van der Waals surface area (Å²) in [4.78, 5) is 4.79. The van der Waals surface area contributed by atoms with Crippen LogP contribution in [0.15, 0.2) is 65.0 Å². The summed E-state index contributed by atoms with van der Waals surface area (Å²) in [7, 11) is 1.63. The van der Waals surface area contributed by atoms with E-state index >= 15 is 0 Å². The molecule has 2 aliphatic rings. The molecule has 8 nitrogen and oxygen atoms in total. The molecule has 1 atom stereocenters. The molecule has 0 saturated heterocycles. The zero-order valence-electron chi connectivity index (χ0n) is 21.1. The van der Waals surface area contributed by atoms with Gasteiger partial charge in [-0.15, -0.1) is 0 Å². The molecule has 1 aromatic carbocycles. The number of rotatable bonds is 9. The highest BCUT2D eigenvalue weighted by Gasteiger charge is 2.31. The Morgan fingerprint density at radius 3 is 2.95 bits per heavy atom. The number of ether oxygens (including phenoxy) is 2. The van der Waals surface area contributed by atoms with Gasteiger partial charge in [-0.25, -0.2) is 4.98 Å². The van der Waals surface area contributed by atoms with Crippen molar-refractivity contribution in [3.05, 3.63) is 71.5 Å². The average Bonchev–Trinajstić information content (AvgIpc) is 3.63. The zero-order valence-corrected chi connectivity index (χ0v) is 21.1. The summed E-state index contributed by atoms with van der Waals surface area (Å²) in [6, 6.07) is 12.0. The monoisotopic (exact) mass is 500 g/mol. The number of benzene rings is 1. The summed E-state index contributed by atoms with van der Waals surface area (Å²) >= 11 is 0. The Balaban J connectivity index is 1.09. The van der Waals surface area contributed by atoms with Crippen LogP contribution in [-0.2, 0) is 13.1 Å². The van der Waals surface area contributed by atoms with Gasteiger partial charge in [0.25, 0.3) is 0 Å². The third-order valence-electron chi connectivity index (χ3n) is 7.36. The summed E-state index contributed by atoms with van der Waals surface area (Å²) in [6.45, 7) is 2.21. The maximum atomic E-state index is 12.8. The van der Waals surface area contributed by atoms with Gasteiger partial charge in [-0.1, -0.05) is 12.1 Å². The fourth-order valence-electron chi connectivity index (χ4n) is 5.55. The lowest BCUT2D eigenvalue weighted by Gasteiger charge is -2.20. The second-order valence-corrected chi connectivity index (χ2v) is 9.74. The molecule has 0 saturated carbocycles. The van der Waals surface area contributed by atoms with E-state index in [-0.39, 0.29) is 5.92 Å². The van der Waals surface area contributed by atoms with E-state index in [0.29, 0.717) is 18.1 Å². The number of hydroxylamine groups is 1. The van der Waals surface area contributed by atoms with Gasteiger partial charge in [-0.3, -0.25) is 0 Å². The molecule has 37 heavy (non-hydrogen) atoms. The number of aromatic nitrogens is 3. The van der Waals surface area contributed by atoms with Crippen LogP contribution in [-0.4, -0.2) is 38.8 Å². The first-order valence-corrected chi connectivity index (χ1v) is 13.1. The second kappa shape index (κ2) is 10.2. The van der Waals surface area contributed by atoms with Crippen LogP contribution in [0.1, 0.15) is 44.2 Å². The minimum Gasteiger partial charge on any atom is -0.618 e. The number of unbranched alkanes of at least 4 members (excludes halogenated alkanes) is 2. The maximum absolute atomic E-state index is 12.8. The number of methoxy groups -OCH3 is 1. The van der Waals surface area contributed by atoms with Crippen molar-refractivity contribution in [2.24, 2.45) is 5.92 Å². The molecule has 4 heterocycles. The van der Waals surface area contributed by atoms with Crippen molar-refractivity contribution in [1.29, 1.82) is 0 Å². The third kappa shape index (κ3) is 4.52. The lowest BCUT2D eigenvalue weighted by Crippen LogP contribution is -2.18. The maximum Gasteiger partial charge on any atom is 0.208 e. The van der Waals surface area contributed by atoms with Crippen LogP contribution in [0.4, 0.5) is 0 Å². The third-order valence-corrected chi connectivity index (χ3v) is 7.36. The predicted molar refractivity (Wildman–Crippen MR) is 142 cm³/mol. The van der Waals surface area contributed by atoms with E-state index in [0.717, 1.165) is 90.4 Å². The number of hydrogen-bond donors (Lipinski definition) is 0. The highest BCUT2D eigenvalue weighted by molar-refractivity contribution is 5.81. The van der Waals surface area contributed by atoms with Gasteiger partial charge in [0.15, 0.2) is 34.5 Å². The second-order valence-electron chi connectivity index (χ2n) is 9.74. The molecular formula is C29H32N4O4. The normalized spacial score (nSPS) is 17.1. The minimum atomic E-state index is 0.235. The molecule has 1 aliphatic heterocycles. The van der Waals surface area contributed by atoms with Gasteiger partial charge < -0.3 is 28.2 Å². The van der Waals surface area contributed by atoms with Crippen molar-refractivity contribution in [2.45, 2.75) is 51.6 Å². The highest BCUT2D eigenvalue weighted by Crippen LogP contribution is 2.37. The van der Waals surface area contributed by atoms with Crippen LogP contribution < -0.4 is 9.47 Å². The van der Waals surface area contributed by atoms with E-state index in [4.69, 9.17) is 18.9 Å². The molecule has 0 unspecified atom stereocenters. The number of para-hydroxylation sites is 2. The zero-order chi connectivity index (χ0) is 25.2. The molecule has 3 aromatic heterocycles. The van der Waals surface area contributed by atoms with Gasteiger partial charge in [0.1, 0.15) is 0 Å². The molecule has 0 spiro atoms. The first kappa shape index (κ1) is 23.5. The van der Waals surface area contributed by atoms with Gasteiger partial charge in [0.05, 0.1) is 43.1 Å². The number of furan rings is 1. The highest BCUT2D eigenvalue weighted by atomic mass is 16.5. The van der Waals surface area contributed by atoms with Crippen molar-refractivity contribution in [3.63, 3.8) is 0 Å². The van der Waals surface area contributed by atoms with E-state index in [1.807, 2.05) is 36.5 Å². The number of imidazole rings is 1. The van der Waals surface area contributed by atoms with E-state index in [1.165, 1.54) is 0 Å². The summed E-state index contributed by atoms with van der Waals surface area (Å²) in [5.74, 6) is 3.21. The minimum absolute atomic E-state index is 0.235. The van der Waals surface area contributed by atoms with Crippen LogP contribution in [0.5, 0.6) is 11.5 Å². The Labute approximate surface area is 216 Å². The first-order chi connectivity index (χ1) is 18.2. The van der Waals surface area contributed by atoms with Gasteiger partial charge in [-0.2, -0.15) is 4.74 Å². The van der Waals surface area contributed by atoms with Gasteiger partial charge in [-0.05, 0) is 68.9 Å².